The van der Waals surface area contributed by atoms with Crippen LogP contribution >= 0.6 is 0 Å². The average Bonchev–Trinajstić information content (AvgIpc) is 3.38. The van der Waals surface area contributed by atoms with Gasteiger partial charge in [-0.25, -0.2) is 0 Å². The summed E-state index contributed by atoms with van der Waals surface area (Å²) in [6.45, 7) is 1.41. The zero-order valence-electron chi connectivity index (χ0n) is 15.2. The lowest BCUT2D eigenvalue weighted by molar-refractivity contribution is 0.0951. The zero-order valence-corrected chi connectivity index (χ0v) is 15.2. The van der Waals surface area contributed by atoms with Gasteiger partial charge in [-0.3, -0.25) is 14.8 Å². The molecule has 1 fully saturated rings. The number of nitrogens with zero attached hydrogens (tertiary/aromatic N) is 4. The summed E-state index contributed by atoms with van der Waals surface area (Å²) in [7, 11) is 0. The maximum Gasteiger partial charge on any atom is 0.298 e. The molecule has 7 heteroatoms. The minimum Gasteiger partial charge on any atom is -0.423 e. The van der Waals surface area contributed by atoms with Gasteiger partial charge < -0.3 is 14.6 Å². The van der Waals surface area contributed by atoms with E-state index in [1.807, 2.05) is 30.3 Å². The third-order valence-electron chi connectivity index (χ3n) is 5.14. The number of carbonyl (C=O) groups is 1. The molecule has 1 N–H and O–H groups in total. The number of hydrogen-bond donors (Lipinski definition) is 1. The van der Waals surface area contributed by atoms with Crippen molar-refractivity contribution in [2.75, 3.05) is 18.0 Å². The molecule has 2 aromatic heterocycles. The summed E-state index contributed by atoms with van der Waals surface area (Å²) < 4.78 is 5.91. The molecule has 1 unspecified atom stereocenters. The number of rotatable bonds is 4. The van der Waals surface area contributed by atoms with Crippen LogP contribution in [-0.2, 0) is 0 Å². The van der Waals surface area contributed by atoms with Gasteiger partial charge in [0.25, 0.3) is 11.9 Å². The average molecular weight is 373 g/mol. The third kappa shape index (κ3) is 3.05. The van der Waals surface area contributed by atoms with Gasteiger partial charge in [0.15, 0.2) is 5.58 Å². The van der Waals surface area contributed by atoms with Gasteiger partial charge in [-0.15, -0.1) is 0 Å². The van der Waals surface area contributed by atoms with Crippen LogP contribution in [0.5, 0.6) is 0 Å². The van der Waals surface area contributed by atoms with E-state index in [-0.39, 0.29) is 11.9 Å². The Morgan fingerprint density at radius 1 is 1.11 bits per heavy atom. The number of fused-ring (bicyclic) bond motifs is 2. The van der Waals surface area contributed by atoms with E-state index in [1.165, 1.54) is 0 Å². The number of hydrogen-bond acceptors (Lipinski definition) is 6. The molecular formula is C21H19N5O2. The van der Waals surface area contributed by atoms with Crippen LogP contribution in [-0.4, -0.2) is 40.0 Å². The molecule has 1 amide bonds. The monoisotopic (exact) mass is 373 g/mol. The van der Waals surface area contributed by atoms with Gasteiger partial charge >= 0.3 is 0 Å². The van der Waals surface area contributed by atoms with Crippen LogP contribution in [0.25, 0.3) is 22.1 Å². The summed E-state index contributed by atoms with van der Waals surface area (Å²) in [5, 5.41) is 3.04. The van der Waals surface area contributed by atoms with Gasteiger partial charge in [0, 0.05) is 31.0 Å². The van der Waals surface area contributed by atoms with Crippen LogP contribution in [0.15, 0.2) is 59.3 Å². The first-order chi connectivity index (χ1) is 13.8. The number of anilines is 1. The van der Waals surface area contributed by atoms with E-state index < -0.39 is 0 Å². The highest BCUT2D eigenvalue weighted by Gasteiger charge is 2.28. The quantitative estimate of drug-likeness (QED) is 0.591. The van der Waals surface area contributed by atoms with Gasteiger partial charge in [0.2, 0.25) is 0 Å². The fraction of sp³-hybridized carbons (Fsp3) is 0.238. The molecule has 1 aliphatic heterocycles. The molecule has 1 atom stereocenters. The summed E-state index contributed by atoms with van der Waals surface area (Å²) in [4.78, 5) is 27.8. The lowest BCUT2D eigenvalue weighted by atomic mass is 10.1. The highest BCUT2D eigenvalue weighted by atomic mass is 16.4. The predicted octanol–water partition coefficient (Wildman–Crippen LogP) is 3.17. The fourth-order valence-corrected chi connectivity index (χ4v) is 3.70. The van der Waals surface area contributed by atoms with E-state index in [4.69, 9.17) is 4.42 Å². The summed E-state index contributed by atoms with van der Waals surface area (Å²) >= 11 is 0. The molecule has 5 rings (SSSR count). The largest absolute Gasteiger partial charge is 0.423 e. The van der Waals surface area contributed by atoms with Crippen molar-refractivity contribution < 1.29 is 9.21 Å². The van der Waals surface area contributed by atoms with Crippen molar-refractivity contribution in [3.05, 3.63) is 60.4 Å². The minimum atomic E-state index is -0.114. The summed E-state index contributed by atoms with van der Waals surface area (Å²) in [6, 6.07) is 13.9. The van der Waals surface area contributed by atoms with Gasteiger partial charge in [0.1, 0.15) is 5.52 Å². The number of aromatic nitrogens is 3. The Balaban J connectivity index is 1.30. The topological polar surface area (TPSA) is 84.2 Å². The van der Waals surface area contributed by atoms with Gasteiger partial charge in [0.05, 0.1) is 17.1 Å². The fourth-order valence-electron chi connectivity index (χ4n) is 3.70. The second-order valence-electron chi connectivity index (χ2n) is 6.92. The molecule has 0 spiro atoms. The first kappa shape index (κ1) is 16.7. The van der Waals surface area contributed by atoms with Crippen molar-refractivity contribution in [2.45, 2.75) is 18.9 Å². The Hall–Kier alpha value is -3.48. The molecular weight excluding hydrogens is 354 g/mol. The number of nitrogens with one attached hydrogen (secondary N) is 1. The van der Waals surface area contributed by atoms with Crippen LogP contribution in [0.3, 0.4) is 0 Å². The van der Waals surface area contributed by atoms with Crippen molar-refractivity contribution in [1.82, 2.24) is 20.3 Å². The predicted molar refractivity (Wildman–Crippen MR) is 106 cm³/mol. The zero-order chi connectivity index (χ0) is 18.9. The van der Waals surface area contributed by atoms with E-state index in [1.54, 1.807) is 24.5 Å². The van der Waals surface area contributed by atoms with Gasteiger partial charge in [-0.1, -0.05) is 12.1 Å². The highest BCUT2D eigenvalue weighted by molar-refractivity contribution is 5.97. The molecule has 0 radical (unpaired) electrons. The lowest BCUT2D eigenvalue weighted by Gasteiger charge is -2.23. The standard InChI is InChI=1S/C21H19N5O2/c27-20(14-7-8-16-18(12-14)23-10-9-22-16)24-13-15-4-3-11-26(15)21-25-17-5-1-2-6-19(17)28-21/h1-2,5-10,12,15H,3-4,11,13H2,(H,24,27). The molecule has 1 saturated heterocycles. The molecule has 7 nitrogen and oxygen atoms in total. The van der Waals surface area contributed by atoms with E-state index in [0.717, 1.165) is 36.0 Å². The molecule has 0 saturated carbocycles. The Labute approximate surface area is 161 Å². The number of amides is 1. The Morgan fingerprint density at radius 2 is 1.96 bits per heavy atom. The molecule has 1 aliphatic rings. The van der Waals surface area contributed by atoms with Gasteiger partial charge in [-0.05, 0) is 43.2 Å². The smallest absolute Gasteiger partial charge is 0.298 e. The van der Waals surface area contributed by atoms with Crippen molar-refractivity contribution in [1.29, 1.82) is 0 Å². The third-order valence-corrected chi connectivity index (χ3v) is 5.14. The van der Waals surface area contributed by atoms with E-state index in [2.05, 4.69) is 25.2 Å². The highest BCUT2D eigenvalue weighted by Crippen LogP contribution is 2.28. The second-order valence-corrected chi connectivity index (χ2v) is 6.92. The first-order valence-corrected chi connectivity index (χ1v) is 9.39. The van der Waals surface area contributed by atoms with Crippen LogP contribution < -0.4 is 10.2 Å². The number of benzene rings is 2. The second kappa shape index (κ2) is 6.92. The molecule has 3 heterocycles. The number of oxazole rings is 1. The number of carbonyl (C=O) groups excluding carboxylic acids is 1. The van der Waals surface area contributed by atoms with E-state index in [0.29, 0.717) is 23.6 Å². The summed E-state index contributed by atoms with van der Waals surface area (Å²) in [5.74, 6) is -0.114. The van der Waals surface area contributed by atoms with Crippen LogP contribution in [0.2, 0.25) is 0 Å². The molecule has 4 aromatic rings. The summed E-state index contributed by atoms with van der Waals surface area (Å²) in [5.41, 5.74) is 3.70. The maximum atomic E-state index is 12.6. The Kier molecular flexibility index (Phi) is 4.12. The SMILES string of the molecule is O=C(NCC1CCCN1c1nc2ccccc2o1)c1ccc2nccnc2c1. The van der Waals surface area contributed by atoms with Crippen LogP contribution in [0, 0.1) is 0 Å². The number of para-hydroxylation sites is 2. The first-order valence-electron chi connectivity index (χ1n) is 9.39. The Morgan fingerprint density at radius 3 is 2.86 bits per heavy atom. The molecule has 2 aromatic carbocycles. The molecule has 0 bridgehead atoms. The van der Waals surface area contributed by atoms with Crippen molar-refractivity contribution >= 4 is 34.1 Å². The molecule has 0 aliphatic carbocycles. The molecule has 140 valence electrons. The van der Waals surface area contributed by atoms with E-state index >= 15 is 0 Å². The minimum absolute atomic E-state index is 0.114. The lowest BCUT2D eigenvalue weighted by Crippen LogP contribution is -2.40. The van der Waals surface area contributed by atoms with E-state index in [9.17, 15) is 4.79 Å². The summed E-state index contributed by atoms with van der Waals surface area (Å²) in [6.07, 6.45) is 5.30. The van der Waals surface area contributed by atoms with Crippen LogP contribution in [0.4, 0.5) is 6.01 Å². The van der Waals surface area contributed by atoms with Crippen LogP contribution in [0.1, 0.15) is 23.2 Å². The maximum absolute atomic E-state index is 12.6. The van der Waals surface area contributed by atoms with Crippen molar-refractivity contribution in [3.8, 4) is 0 Å². The van der Waals surface area contributed by atoms with Gasteiger partial charge in [-0.2, -0.15) is 4.98 Å². The normalized spacial score (nSPS) is 16.7. The van der Waals surface area contributed by atoms with Crippen molar-refractivity contribution in [3.63, 3.8) is 0 Å². The Bertz CT molecular complexity index is 1120. The molecule has 28 heavy (non-hydrogen) atoms. The van der Waals surface area contributed by atoms with Crippen molar-refractivity contribution in [2.24, 2.45) is 0 Å².